The lowest BCUT2D eigenvalue weighted by Crippen LogP contribution is -2.28. The summed E-state index contributed by atoms with van der Waals surface area (Å²) in [4.78, 5) is 17.9. The van der Waals surface area contributed by atoms with Crippen LogP contribution in [0.3, 0.4) is 0 Å². The molecule has 0 saturated heterocycles. The molecule has 5 heteroatoms. The van der Waals surface area contributed by atoms with Gasteiger partial charge in [-0.1, -0.05) is 41.4 Å². The predicted molar refractivity (Wildman–Crippen MR) is 78.2 cm³/mol. The first-order valence-electron chi connectivity index (χ1n) is 5.66. The molecule has 98 valence electrons. The van der Waals surface area contributed by atoms with Gasteiger partial charge in [-0.05, 0) is 30.7 Å². The molecule has 3 nitrogen and oxygen atoms in total. The van der Waals surface area contributed by atoms with Crippen LogP contribution in [0, 0.1) is 6.92 Å². The van der Waals surface area contributed by atoms with Gasteiger partial charge in [0.05, 0.1) is 5.02 Å². The monoisotopic (exact) mass is 294 g/mol. The zero-order valence-corrected chi connectivity index (χ0v) is 12.0. The number of amides is 1. The first-order chi connectivity index (χ1) is 9.00. The number of aromatic nitrogens is 1. The minimum Gasteiger partial charge on any atom is -0.310 e. The molecule has 0 spiro atoms. The minimum absolute atomic E-state index is 0.153. The molecule has 1 aromatic carbocycles. The fourth-order valence-corrected chi connectivity index (χ4v) is 2.11. The van der Waals surface area contributed by atoms with Gasteiger partial charge in [-0.15, -0.1) is 0 Å². The lowest BCUT2D eigenvalue weighted by atomic mass is 10.2. The van der Waals surface area contributed by atoms with Crippen LogP contribution in [-0.2, 0) is 0 Å². The van der Waals surface area contributed by atoms with E-state index in [2.05, 4.69) is 4.98 Å². The summed E-state index contributed by atoms with van der Waals surface area (Å²) in [6, 6.07) is 10.7. The Morgan fingerprint density at radius 1 is 1.16 bits per heavy atom. The third kappa shape index (κ3) is 2.88. The van der Waals surface area contributed by atoms with Crippen LogP contribution in [0.4, 0.5) is 5.69 Å². The number of anilines is 1. The van der Waals surface area contributed by atoms with Crippen LogP contribution in [-0.4, -0.2) is 17.9 Å². The standard InChI is InChI=1S/C14H12Cl2N2O/c1-9-5-3-4-6-11(9)18(2)14(19)13-10(15)7-8-12(16)17-13/h3-8H,1-2H3. The number of nitrogens with zero attached hydrogens (tertiary/aromatic N) is 2. The third-order valence-corrected chi connectivity index (χ3v) is 3.31. The summed E-state index contributed by atoms with van der Waals surface area (Å²) in [5.74, 6) is -0.290. The normalized spacial score (nSPS) is 10.3. The summed E-state index contributed by atoms with van der Waals surface area (Å²) in [5, 5.41) is 0.528. The molecule has 0 radical (unpaired) electrons. The Hall–Kier alpha value is -1.58. The van der Waals surface area contributed by atoms with E-state index in [1.807, 2.05) is 31.2 Å². The van der Waals surface area contributed by atoms with Crippen molar-refractivity contribution in [2.24, 2.45) is 0 Å². The van der Waals surface area contributed by atoms with E-state index < -0.39 is 0 Å². The summed E-state index contributed by atoms with van der Waals surface area (Å²) >= 11 is 11.8. The van der Waals surface area contributed by atoms with Gasteiger partial charge in [0, 0.05) is 12.7 Å². The first-order valence-corrected chi connectivity index (χ1v) is 6.42. The average Bonchev–Trinajstić information content (AvgIpc) is 2.40. The average molecular weight is 295 g/mol. The van der Waals surface area contributed by atoms with Gasteiger partial charge in [0.25, 0.3) is 5.91 Å². The zero-order valence-electron chi connectivity index (χ0n) is 10.5. The van der Waals surface area contributed by atoms with Crippen LogP contribution in [0.25, 0.3) is 0 Å². The lowest BCUT2D eigenvalue weighted by Gasteiger charge is -2.19. The molecule has 0 bridgehead atoms. The molecule has 0 saturated carbocycles. The van der Waals surface area contributed by atoms with E-state index in [-0.39, 0.29) is 21.8 Å². The maximum atomic E-state index is 12.4. The van der Waals surface area contributed by atoms with Crippen molar-refractivity contribution in [1.82, 2.24) is 4.98 Å². The molecule has 0 aliphatic carbocycles. The molecular formula is C14H12Cl2N2O. The quantitative estimate of drug-likeness (QED) is 0.785. The number of halogens is 2. The molecule has 2 rings (SSSR count). The molecule has 1 amide bonds. The molecule has 0 atom stereocenters. The van der Waals surface area contributed by atoms with Gasteiger partial charge in [0.15, 0.2) is 0 Å². The minimum atomic E-state index is -0.290. The van der Waals surface area contributed by atoms with Crippen LogP contribution in [0.2, 0.25) is 10.2 Å². The van der Waals surface area contributed by atoms with E-state index in [0.29, 0.717) is 0 Å². The Labute approximate surface area is 121 Å². The van der Waals surface area contributed by atoms with Gasteiger partial charge < -0.3 is 4.90 Å². The number of rotatable bonds is 2. The van der Waals surface area contributed by atoms with E-state index in [9.17, 15) is 4.79 Å². The van der Waals surface area contributed by atoms with Crippen molar-refractivity contribution in [3.05, 3.63) is 57.8 Å². The van der Waals surface area contributed by atoms with Crippen molar-refractivity contribution in [2.45, 2.75) is 6.92 Å². The van der Waals surface area contributed by atoms with Crippen LogP contribution in [0.15, 0.2) is 36.4 Å². The van der Waals surface area contributed by atoms with E-state index >= 15 is 0 Å². The van der Waals surface area contributed by atoms with Crippen LogP contribution in [0.1, 0.15) is 16.1 Å². The maximum absolute atomic E-state index is 12.4. The summed E-state index contributed by atoms with van der Waals surface area (Å²) in [6.45, 7) is 1.94. The Kier molecular flexibility index (Phi) is 4.08. The second-order valence-electron chi connectivity index (χ2n) is 4.12. The largest absolute Gasteiger partial charge is 0.310 e. The number of aryl methyl sites for hydroxylation is 1. The molecule has 19 heavy (non-hydrogen) atoms. The van der Waals surface area contributed by atoms with E-state index in [1.165, 1.54) is 4.90 Å². The number of para-hydroxylation sites is 1. The van der Waals surface area contributed by atoms with Crippen molar-refractivity contribution >= 4 is 34.8 Å². The first kappa shape index (κ1) is 13.8. The highest BCUT2D eigenvalue weighted by Crippen LogP contribution is 2.23. The number of carbonyl (C=O) groups is 1. The fraction of sp³-hybridized carbons (Fsp3) is 0.143. The molecule has 1 aromatic heterocycles. The van der Waals surface area contributed by atoms with Crippen LogP contribution < -0.4 is 4.90 Å². The van der Waals surface area contributed by atoms with Crippen LogP contribution in [0.5, 0.6) is 0 Å². The van der Waals surface area contributed by atoms with Gasteiger partial charge in [-0.25, -0.2) is 4.98 Å². The lowest BCUT2D eigenvalue weighted by molar-refractivity contribution is 0.0988. The Balaban J connectivity index is 2.39. The SMILES string of the molecule is Cc1ccccc1N(C)C(=O)c1nc(Cl)ccc1Cl. The van der Waals surface area contributed by atoms with Crippen molar-refractivity contribution in [2.75, 3.05) is 11.9 Å². The molecule has 0 aliphatic rings. The highest BCUT2D eigenvalue weighted by atomic mass is 35.5. The third-order valence-electron chi connectivity index (χ3n) is 2.80. The molecular weight excluding hydrogens is 283 g/mol. The van der Waals surface area contributed by atoms with E-state index in [1.54, 1.807) is 19.2 Å². The van der Waals surface area contributed by atoms with Crippen molar-refractivity contribution < 1.29 is 4.79 Å². The molecule has 0 aliphatic heterocycles. The summed E-state index contributed by atoms with van der Waals surface area (Å²) in [6.07, 6.45) is 0. The van der Waals surface area contributed by atoms with Crippen LogP contribution >= 0.6 is 23.2 Å². The van der Waals surface area contributed by atoms with Crippen molar-refractivity contribution in [3.63, 3.8) is 0 Å². The van der Waals surface area contributed by atoms with Gasteiger partial charge in [-0.3, -0.25) is 4.79 Å². The Morgan fingerprint density at radius 2 is 1.84 bits per heavy atom. The topological polar surface area (TPSA) is 33.2 Å². The summed E-state index contributed by atoms with van der Waals surface area (Å²) in [7, 11) is 1.68. The number of carbonyl (C=O) groups excluding carboxylic acids is 1. The van der Waals surface area contributed by atoms with Gasteiger partial charge in [0.2, 0.25) is 0 Å². The Bertz CT molecular complexity index is 629. The molecule has 0 fully saturated rings. The van der Waals surface area contributed by atoms with Gasteiger partial charge in [0.1, 0.15) is 10.8 Å². The van der Waals surface area contributed by atoms with Crippen molar-refractivity contribution in [3.8, 4) is 0 Å². The van der Waals surface area contributed by atoms with Gasteiger partial charge in [-0.2, -0.15) is 0 Å². The smallest absolute Gasteiger partial charge is 0.278 e. The summed E-state index contributed by atoms with van der Waals surface area (Å²) < 4.78 is 0. The highest BCUT2D eigenvalue weighted by molar-refractivity contribution is 6.35. The molecule has 2 aromatic rings. The second kappa shape index (κ2) is 5.59. The molecule has 0 N–H and O–H groups in total. The number of hydrogen-bond acceptors (Lipinski definition) is 2. The maximum Gasteiger partial charge on any atom is 0.278 e. The highest BCUT2D eigenvalue weighted by Gasteiger charge is 2.19. The number of hydrogen-bond donors (Lipinski definition) is 0. The number of benzene rings is 1. The van der Waals surface area contributed by atoms with E-state index in [4.69, 9.17) is 23.2 Å². The zero-order chi connectivity index (χ0) is 14.0. The Morgan fingerprint density at radius 3 is 2.53 bits per heavy atom. The fourth-order valence-electron chi connectivity index (χ4n) is 1.78. The molecule has 1 heterocycles. The number of pyridine rings is 1. The van der Waals surface area contributed by atoms with E-state index in [0.717, 1.165) is 11.3 Å². The second-order valence-corrected chi connectivity index (χ2v) is 4.91. The van der Waals surface area contributed by atoms with Gasteiger partial charge >= 0.3 is 0 Å². The van der Waals surface area contributed by atoms with Crippen molar-refractivity contribution in [1.29, 1.82) is 0 Å². The summed E-state index contributed by atoms with van der Waals surface area (Å²) in [5.41, 5.74) is 1.96. The predicted octanol–water partition coefficient (Wildman–Crippen LogP) is 3.97. The molecule has 0 unspecified atom stereocenters.